The fraction of sp³-hybridized carbons (Fsp3) is 0.222. The molecule has 5 nitrogen and oxygen atoms in total. The van der Waals surface area contributed by atoms with Gasteiger partial charge in [-0.15, -0.1) is 0 Å². The Balaban J connectivity index is 1.68. The Kier molecular flexibility index (Phi) is 5.04. The Morgan fingerprint density at radius 2 is 1.84 bits per heavy atom. The van der Waals surface area contributed by atoms with Gasteiger partial charge in [0.05, 0.1) is 18.0 Å². The van der Waals surface area contributed by atoms with E-state index in [2.05, 4.69) is 14.7 Å². The van der Waals surface area contributed by atoms with Crippen LogP contribution in [-0.4, -0.2) is 23.6 Å². The van der Waals surface area contributed by atoms with Crippen LogP contribution < -0.4 is 15.2 Å². The summed E-state index contributed by atoms with van der Waals surface area (Å²) in [6.45, 7) is -1.63. The fourth-order valence-corrected chi connectivity index (χ4v) is 2.70. The Morgan fingerprint density at radius 3 is 2.56 bits per heavy atom. The zero-order valence-corrected chi connectivity index (χ0v) is 13.6. The molecule has 0 amide bonds. The van der Waals surface area contributed by atoms with Crippen LogP contribution in [0.2, 0.25) is 0 Å². The maximum absolute atomic E-state index is 12.2. The number of fused-ring (bicyclic) bond motifs is 1. The number of alkyl halides is 2. The zero-order valence-electron chi connectivity index (χ0n) is 13.6. The van der Waals surface area contributed by atoms with Crippen molar-refractivity contribution in [2.75, 3.05) is 7.05 Å². The maximum Gasteiger partial charge on any atom is 0.387 e. The van der Waals surface area contributed by atoms with Crippen molar-refractivity contribution in [1.29, 1.82) is 0 Å². The highest BCUT2D eigenvalue weighted by atomic mass is 19.3. The number of nitrogens with one attached hydrogen (secondary N) is 2. The monoisotopic (exact) mass is 346 g/mol. The molecular weight excluding hydrogens is 328 g/mol. The molecule has 3 aromatic rings. The van der Waals surface area contributed by atoms with E-state index in [0.29, 0.717) is 29.8 Å². The summed E-state index contributed by atoms with van der Waals surface area (Å²) in [6, 6.07) is 13.7. The third-order valence-corrected chi connectivity index (χ3v) is 3.79. The van der Waals surface area contributed by atoms with Crippen molar-refractivity contribution in [2.24, 2.45) is 0 Å². The summed E-state index contributed by atoms with van der Waals surface area (Å²) in [5.74, 6) is 0.746. The van der Waals surface area contributed by atoms with Gasteiger partial charge in [0.2, 0.25) is 0 Å². The number of nitrogens with zero attached hydrogens (tertiary/aromatic N) is 1. The molecule has 0 aliphatic carbocycles. The average molecular weight is 346 g/mol. The first-order chi connectivity index (χ1) is 12.0. The van der Waals surface area contributed by atoms with Gasteiger partial charge in [-0.2, -0.15) is 8.78 Å². The summed E-state index contributed by atoms with van der Waals surface area (Å²) >= 11 is 0. The topological polar surface area (TPSA) is 59.4 Å². The van der Waals surface area contributed by atoms with Crippen LogP contribution in [0.3, 0.4) is 0 Å². The molecule has 1 unspecified atom stereocenters. The second kappa shape index (κ2) is 7.40. The highest BCUT2D eigenvalue weighted by Gasteiger charge is 2.10. The lowest BCUT2D eigenvalue weighted by molar-refractivity contribution is -0.908. The lowest BCUT2D eigenvalue weighted by Gasteiger charge is -2.14. The van der Waals surface area contributed by atoms with Crippen LogP contribution in [0, 0.1) is 0 Å². The van der Waals surface area contributed by atoms with Crippen molar-refractivity contribution in [3.05, 3.63) is 70.3 Å². The maximum atomic E-state index is 12.2. The SMILES string of the molecule is C[NH+](Cc1ccc(OC(F)F)cc1)Cc1nc2ccccc2c(=O)[nH]1. The third-order valence-electron chi connectivity index (χ3n) is 3.79. The van der Waals surface area contributed by atoms with Crippen molar-refractivity contribution >= 4 is 10.9 Å². The number of aromatic amines is 1. The minimum Gasteiger partial charge on any atom is -0.435 e. The van der Waals surface area contributed by atoms with Gasteiger partial charge in [0.25, 0.3) is 5.56 Å². The number of para-hydroxylation sites is 1. The number of rotatable bonds is 6. The molecule has 1 heterocycles. The molecule has 0 bridgehead atoms. The minimum atomic E-state index is -2.82. The summed E-state index contributed by atoms with van der Waals surface area (Å²) in [4.78, 5) is 20.5. The van der Waals surface area contributed by atoms with Crippen LogP contribution in [-0.2, 0) is 13.1 Å². The summed E-state index contributed by atoms with van der Waals surface area (Å²) < 4.78 is 28.6. The van der Waals surface area contributed by atoms with Crippen molar-refractivity contribution in [3.8, 4) is 5.75 Å². The smallest absolute Gasteiger partial charge is 0.387 e. The zero-order chi connectivity index (χ0) is 17.8. The molecular formula is C18H18F2N3O2+. The Bertz CT molecular complexity index is 910. The summed E-state index contributed by atoms with van der Waals surface area (Å²) in [5, 5.41) is 0.568. The number of quaternary nitrogens is 1. The number of ether oxygens (including phenoxy) is 1. The van der Waals surface area contributed by atoms with Gasteiger partial charge in [0, 0.05) is 5.56 Å². The lowest BCUT2D eigenvalue weighted by atomic mass is 10.2. The number of hydrogen-bond acceptors (Lipinski definition) is 3. The number of halogens is 2. The Hall–Kier alpha value is -2.80. The van der Waals surface area contributed by atoms with Crippen LogP contribution in [0.5, 0.6) is 5.75 Å². The predicted molar refractivity (Wildman–Crippen MR) is 89.7 cm³/mol. The molecule has 25 heavy (non-hydrogen) atoms. The van der Waals surface area contributed by atoms with Crippen molar-refractivity contribution < 1.29 is 18.4 Å². The fourth-order valence-electron chi connectivity index (χ4n) is 2.70. The van der Waals surface area contributed by atoms with E-state index in [1.165, 1.54) is 12.1 Å². The van der Waals surface area contributed by atoms with Crippen molar-refractivity contribution in [3.63, 3.8) is 0 Å². The molecule has 7 heteroatoms. The second-order valence-corrected chi connectivity index (χ2v) is 5.86. The molecule has 0 spiro atoms. The molecule has 0 radical (unpaired) electrons. The lowest BCUT2D eigenvalue weighted by Crippen LogP contribution is -3.06. The van der Waals surface area contributed by atoms with Crippen molar-refractivity contribution in [1.82, 2.24) is 9.97 Å². The number of H-pyrrole nitrogens is 1. The Labute approximate surface area is 142 Å². The summed E-state index contributed by atoms with van der Waals surface area (Å²) in [5.41, 5.74) is 1.49. The highest BCUT2D eigenvalue weighted by Crippen LogP contribution is 2.14. The van der Waals surface area contributed by atoms with Crippen molar-refractivity contribution in [2.45, 2.75) is 19.7 Å². The standard InChI is InChI=1S/C18H17F2N3O2/c1-23(10-12-6-8-13(9-7-12)25-18(19)20)11-16-21-15-5-3-2-4-14(15)17(24)22-16/h2-9,18H,10-11H2,1H3,(H,21,22,24)/p+1. The van der Waals surface area contributed by atoms with E-state index in [1.54, 1.807) is 24.3 Å². The van der Waals surface area contributed by atoms with Crippen LogP contribution in [0.1, 0.15) is 11.4 Å². The number of hydrogen-bond donors (Lipinski definition) is 2. The van der Waals surface area contributed by atoms with E-state index in [9.17, 15) is 13.6 Å². The van der Waals surface area contributed by atoms with Gasteiger partial charge < -0.3 is 14.6 Å². The van der Waals surface area contributed by atoms with E-state index in [4.69, 9.17) is 0 Å². The van der Waals surface area contributed by atoms with E-state index in [0.717, 1.165) is 10.5 Å². The molecule has 1 atom stereocenters. The van der Waals surface area contributed by atoms with Crippen LogP contribution in [0.4, 0.5) is 8.78 Å². The minimum absolute atomic E-state index is 0.136. The molecule has 0 saturated carbocycles. The molecule has 0 fully saturated rings. The highest BCUT2D eigenvalue weighted by molar-refractivity contribution is 5.77. The molecule has 0 saturated heterocycles. The Morgan fingerprint density at radius 1 is 1.12 bits per heavy atom. The third kappa shape index (κ3) is 4.39. The predicted octanol–water partition coefficient (Wildman–Crippen LogP) is 1.74. The molecule has 2 N–H and O–H groups in total. The van der Waals surface area contributed by atoms with E-state index < -0.39 is 6.61 Å². The van der Waals surface area contributed by atoms with Gasteiger partial charge in [-0.3, -0.25) is 4.79 Å². The van der Waals surface area contributed by atoms with Gasteiger partial charge in [0.15, 0.2) is 5.82 Å². The number of aromatic nitrogens is 2. The van der Waals surface area contributed by atoms with E-state index in [1.807, 2.05) is 19.2 Å². The normalized spacial score (nSPS) is 12.5. The first-order valence-corrected chi connectivity index (χ1v) is 7.84. The molecule has 0 aliphatic heterocycles. The van der Waals surface area contributed by atoms with Crippen LogP contribution >= 0.6 is 0 Å². The van der Waals surface area contributed by atoms with E-state index in [-0.39, 0.29) is 11.3 Å². The largest absolute Gasteiger partial charge is 0.435 e. The summed E-state index contributed by atoms with van der Waals surface area (Å²) in [6.07, 6.45) is 0. The van der Waals surface area contributed by atoms with Crippen LogP contribution in [0.25, 0.3) is 10.9 Å². The van der Waals surface area contributed by atoms with E-state index >= 15 is 0 Å². The summed E-state index contributed by atoms with van der Waals surface area (Å²) in [7, 11) is 1.97. The van der Waals surface area contributed by atoms with Gasteiger partial charge >= 0.3 is 6.61 Å². The van der Waals surface area contributed by atoms with Gasteiger partial charge in [-0.1, -0.05) is 12.1 Å². The molecule has 0 aliphatic rings. The molecule has 1 aromatic heterocycles. The molecule has 2 aromatic carbocycles. The quantitative estimate of drug-likeness (QED) is 0.715. The second-order valence-electron chi connectivity index (χ2n) is 5.86. The molecule has 130 valence electrons. The van der Waals surface area contributed by atoms with Crippen LogP contribution in [0.15, 0.2) is 53.3 Å². The number of benzene rings is 2. The average Bonchev–Trinajstić information content (AvgIpc) is 2.56. The van der Waals surface area contributed by atoms with Gasteiger partial charge in [0.1, 0.15) is 18.8 Å². The van der Waals surface area contributed by atoms with Gasteiger partial charge in [-0.25, -0.2) is 4.98 Å². The molecule has 3 rings (SSSR count). The first-order valence-electron chi connectivity index (χ1n) is 7.84. The first kappa shape index (κ1) is 17.0. The van der Waals surface area contributed by atoms with Gasteiger partial charge in [-0.05, 0) is 36.4 Å².